The SMILES string of the molecule is Cn1cc(CNC2C3COC(O3)C(n3cccn3)C2O)cn1. The van der Waals surface area contributed by atoms with E-state index >= 15 is 0 Å². The zero-order chi connectivity index (χ0) is 15.1. The predicted molar refractivity (Wildman–Crippen MR) is 75.7 cm³/mol. The van der Waals surface area contributed by atoms with Gasteiger partial charge in [0.1, 0.15) is 12.1 Å². The van der Waals surface area contributed by atoms with Crippen LogP contribution < -0.4 is 5.32 Å². The smallest absolute Gasteiger partial charge is 0.183 e. The first-order chi connectivity index (χ1) is 10.7. The molecule has 4 rings (SSSR count). The Morgan fingerprint density at radius 3 is 3.09 bits per heavy atom. The van der Waals surface area contributed by atoms with Crippen molar-refractivity contribution in [2.75, 3.05) is 6.61 Å². The summed E-state index contributed by atoms with van der Waals surface area (Å²) in [6, 6.07) is 1.26. The van der Waals surface area contributed by atoms with Gasteiger partial charge in [-0.3, -0.25) is 9.36 Å². The average Bonchev–Trinajstić information content (AvgIpc) is 3.22. The second kappa shape index (κ2) is 5.47. The highest BCUT2D eigenvalue weighted by Gasteiger charge is 2.51. The molecule has 8 heteroatoms. The average molecular weight is 305 g/mol. The van der Waals surface area contributed by atoms with Crippen LogP contribution in [0.2, 0.25) is 0 Å². The Morgan fingerprint density at radius 2 is 2.36 bits per heavy atom. The van der Waals surface area contributed by atoms with Crippen molar-refractivity contribution in [1.29, 1.82) is 0 Å². The van der Waals surface area contributed by atoms with Crippen LogP contribution in [-0.4, -0.2) is 55.8 Å². The molecule has 0 radical (unpaired) electrons. The van der Waals surface area contributed by atoms with E-state index in [9.17, 15) is 5.11 Å². The van der Waals surface area contributed by atoms with Crippen LogP contribution in [0.5, 0.6) is 0 Å². The van der Waals surface area contributed by atoms with E-state index in [0.29, 0.717) is 13.2 Å². The third-order valence-electron chi connectivity index (χ3n) is 4.26. The predicted octanol–water partition coefficient (Wildman–Crippen LogP) is -0.568. The lowest BCUT2D eigenvalue weighted by atomic mass is 9.96. The van der Waals surface area contributed by atoms with Crippen LogP contribution in [0.15, 0.2) is 30.9 Å². The van der Waals surface area contributed by atoms with Gasteiger partial charge in [-0.1, -0.05) is 0 Å². The van der Waals surface area contributed by atoms with Crippen LogP contribution in [-0.2, 0) is 23.1 Å². The van der Waals surface area contributed by atoms with Crippen LogP contribution in [0.1, 0.15) is 11.6 Å². The molecular formula is C14H19N5O3. The standard InChI is InChI=1S/C14H19N5O3/c1-18-7-9(6-17-18)5-15-11-10-8-21-14(22-10)12(13(11)20)19-4-2-3-16-19/h2-4,6-7,10-15,20H,5,8H2,1H3. The molecule has 0 saturated carbocycles. The Bertz CT molecular complexity index is 628. The zero-order valence-electron chi connectivity index (χ0n) is 12.2. The minimum absolute atomic E-state index is 0.150. The molecule has 0 amide bonds. The number of fused-ring (bicyclic) bond motifs is 2. The molecule has 0 spiro atoms. The van der Waals surface area contributed by atoms with Crippen LogP contribution in [0.4, 0.5) is 0 Å². The van der Waals surface area contributed by atoms with Gasteiger partial charge in [-0.05, 0) is 6.07 Å². The molecule has 2 N–H and O–H groups in total. The molecule has 0 aromatic carbocycles. The number of nitrogens with zero attached hydrogens (tertiary/aromatic N) is 4. The molecule has 5 atom stereocenters. The Hall–Kier alpha value is -1.74. The molecule has 8 nitrogen and oxygen atoms in total. The lowest BCUT2D eigenvalue weighted by molar-refractivity contribution is -0.168. The molecule has 2 aliphatic rings. The number of nitrogens with one attached hydrogen (secondary N) is 1. The topological polar surface area (TPSA) is 86.4 Å². The second-order valence-electron chi connectivity index (χ2n) is 5.77. The van der Waals surface area contributed by atoms with Crippen LogP contribution in [0.3, 0.4) is 0 Å². The summed E-state index contributed by atoms with van der Waals surface area (Å²) in [5.74, 6) is 0. The maximum absolute atomic E-state index is 10.8. The largest absolute Gasteiger partial charge is 0.389 e. The summed E-state index contributed by atoms with van der Waals surface area (Å²) < 4.78 is 15.0. The van der Waals surface area contributed by atoms with Crippen LogP contribution in [0.25, 0.3) is 0 Å². The second-order valence-corrected chi connectivity index (χ2v) is 5.77. The van der Waals surface area contributed by atoms with Crippen LogP contribution >= 0.6 is 0 Å². The summed E-state index contributed by atoms with van der Waals surface area (Å²) in [5, 5.41) is 22.5. The van der Waals surface area contributed by atoms with Crippen LogP contribution in [0, 0.1) is 0 Å². The van der Waals surface area contributed by atoms with Gasteiger partial charge in [0, 0.05) is 37.7 Å². The fraction of sp³-hybridized carbons (Fsp3) is 0.571. The van der Waals surface area contributed by atoms with Gasteiger partial charge in [0.05, 0.1) is 24.9 Å². The lowest BCUT2D eigenvalue weighted by Crippen LogP contribution is -2.57. The number of rotatable bonds is 4. The van der Waals surface area contributed by atoms with E-state index in [0.717, 1.165) is 5.56 Å². The molecule has 5 unspecified atom stereocenters. The monoisotopic (exact) mass is 305 g/mol. The van der Waals surface area contributed by atoms with E-state index < -0.39 is 12.4 Å². The fourth-order valence-corrected chi connectivity index (χ4v) is 3.19. The maximum Gasteiger partial charge on any atom is 0.183 e. The van der Waals surface area contributed by atoms with Crippen molar-refractivity contribution in [3.63, 3.8) is 0 Å². The molecular weight excluding hydrogens is 286 g/mol. The van der Waals surface area contributed by atoms with E-state index in [1.807, 2.05) is 31.7 Å². The number of aliphatic hydroxyl groups excluding tert-OH is 1. The molecule has 2 fully saturated rings. The number of aromatic nitrogens is 4. The van der Waals surface area contributed by atoms with Gasteiger partial charge in [0.2, 0.25) is 0 Å². The number of aryl methyl sites for hydroxylation is 1. The van der Waals surface area contributed by atoms with E-state index in [1.54, 1.807) is 15.6 Å². The van der Waals surface area contributed by atoms with Gasteiger partial charge < -0.3 is 19.9 Å². The van der Waals surface area contributed by atoms with Gasteiger partial charge in [-0.2, -0.15) is 10.2 Å². The highest BCUT2D eigenvalue weighted by atomic mass is 16.7. The molecule has 2 bridgehead atoms. The quantitative estimate of drug-likeness (QED) is 0.787. The number of hydrogen-bond donors (Lipinski definition) is 2. The zero-order valence-corrected chi connectivity index (χ0v) is 12.2. The Morgan fingerprint density at radius 1 is 1.45 bits per heavy atom. The van der Waals surface area contributed by atoms with Gasteiger partial charge in [-0.15, -0.1) is 0 Å². The lowest BCUT2D eigenvalue weighted by Gasteiger charge is -2.38. The molecule has 4 heterocycles. The van der Waals surface area contributed by atoms with Crippen molar-refractivity contribution in [2.45, 2.75) is 37.1 Å². The maximum atomic E-state index is 10.8. The minimum atomic E-state index is -0.636. The van der Waals surface area contributed by atoms with Crippen molar-refractivity contribution in [1.82, 2.24) is 24.9 Å². The molecule has 2 saturated heterocycles. The first kappa shape index (κ1) is 13.9. The van der Waals surface area contributed by atoms with Crippen molar-refractivity contribution in [2.24, 2.45) is 7.05 Å². The Labute approximate surface area is 127 Å². The summed E-state index contributed by atoms with van der Waals surface area (Å²) in [7, 11) is 1.88. The highest BCUT2D eigenvalue weighted by Crippen LogP contribution is 2.35. The first-order valence-electron chi connectivity index (χ1n) is 7.37. The summed E-state index contributed by atoms with van der Waals surface area (Å²) in [6.45, 7) is 1.09. The summed E-state index contributed by atoms with van der Waals surface area (Å²) in [4.78, 5) is 0. The molecule has 22 heavy (non-hydrogen) atoms. The Balaban J connectivity index is 1.51. The molecule has 2 aromatic rings. The number of hydrogen-bond acceptors (Lipinski definition) is 6. The van der Waals surface area contributed by atoms with Gasteiger partial charge in [0.15, 0.2) is 6.29 Å². The van der Waals surface area contributed by atoms with Gasteiger partial charge in [0.25, 0.3) is 0 Å². The van der Waals surface area contributed by atoms with Crippen molar-refractivity contribution in [3.8, 4) is 0 Å². The molecule has 2 aliphatic heterocycles. The first-order valence-corrected chi connectivity index (χ1v) is 7.37. The van der Waals surface area contributed by atoms with E-state index in [2.05, 4.69) is 15.5 Å². The Kier molecular flexibility index (Phi) is 3.45. The number of ether oxygens (including phenoxy) is 2. The third-order valence-corrected chi connectivity index (χ3v) is 4.26. The van der Waals surface area contributed by atoms with Crippen molar-refractivity contribution in [3.05, 3.63) is 36.4 Å². The summed E-state index contributed by atoms with van der Waals surface area (Å²) in [6.07, 6.45) is 6.02. The fourth-order valence-electron chi connectivity index (χ4n) is 3.19. The summed E-state index contributed by atoms with van der Waals surface area (Å²) >= 11 is 0. The highest BCUT2D eigenvalue weighted by molar-refractivity contribution is 5.06. The van der Waals surface area contributed by atoms with Crippen molar-refractivity contribution < 1.29 is 14.6 Å². The molecule has 2 aromatic heterocycles. The molecule has 0 aliphatic carbocycles. The minimum Gasteiger partial charge on any atom is -0.389 e. The number of aliphatic hydroxyl groups is 1. The van der Waals surface area contributed by atoms with Gasteiger partial charge in [-0.25, -0.2) is 0 Å². The van der Waals surface area contributed by atoms with E-state index in [1.165, 1.54) is 0 Å². The molecule has 118 valence electrons. The summed E-state index contributed by atoms with van der Waals surface area (Å²) in [5.41, 5.74) is 1.06. The van der Waals surface area contributed by atoms with Crippen molar-refractivity contribution >= 4 is 0 Å². The van der Waals surface area contributed by atoms with Gasteiger partial charge >= 0.3 is 0 Å². The normalized spacial score (nSPS) is 34.2. The van der Waals surface area contributed by atoms with E-state index in [4.69, 9.17) is 9.47 Å². The third kappa shape index (κ3) is 2.34. The van der Waals surface area contributed by atoms with E-state index in [-0.39, 0.29) is 18.2 Å².